The minimum atomic E-state index is -0.602. The van der Waals surface area contributed by atoms with Crippen LogP contribution >= 0.6 is 0 Å². The highest BCUT2D eigenvalue weighted by molar-refractivity contribution is 5.34. The van der Waals surface area contributed by atoms with Crippen LogP contribution in [-0.4, -0.2) is 22.4 Å². The van der Waals surface area contributed by atoms with E-state index in [1.807, 2.05) is 5.57 Å². The summed E-state index contributed by atoms with van der Waals surface area (Å²) in [6.45, 7) is 19.8. The number of allylic oxidation sites excluding steroid dienone is 2. The molecule has 3 unspecified atom stereocenters. The summed E-state index contributed by atoms with van der Waals surface area (Å²) in [6.07, 6.45) is 11.4. The summed E-state index contributed by atoms with van der Waals surface area (Å²) in [5.41, 5.74) is 2.71. The standard InChI is InChI=1S/C30H50O2/c1-18-11-13-27(5)15-16-29(7)20(24(27)19(18)2)9-10-23-28(6)17-21(31)25(32)26(3,4)22(28)12-14-30(23,29)8/h9,18-19,21-25,31-32H,10-17H2,1-8H3/t18-,19+,21?,22?,23-,24+,25?,27-,28+,29-,30-/m1/s1. The lowest BCUT2D eigenvalue weighted by atomic mass is 9.33. The van der Waals surface area contributed by atoms with E-state index in [2.05, 4.69) is 61.5 Å². The molecular weight excluding hydrogens is 392 g/mol. The van der Waals surface area contributed by atoms with Gasteiger partial charge in [0.25, 0.3) is 0 Å². The number of hydrogen-bond donors (Lipinski definition) is 2. The number of hydrogen-bond acceptors (Lipinski definition) is 2. The number of aliphatic hydroxyl groups is 2. The van der Waals surface area contributed by atoms with Gasteiger partial charge in [-0.1, -0.05) is 67.0 Å². The van der Waals surface area contributed by atoms with E-state index in [4.69, 9.17) is 0 Å². The van der Waals surface area contributed by atoms with Gasteiger partial charge in [-0.2, -0.15) is 0 Å². The average Bonchev–Trinajstić information content (AvgIpc) is 2.70. The lowest BCUT2D eigenvalue weighted by molar-refractivity contribution is -0.231. The van der Waals surface area contributed by atoms with Gasteiger partial charge in [0.1, 0.15) is 0 Å². The van der Waals surface area contributed by atoms with Crippen LogP contribution in [0.1, 0.15) is 107 Å². The molecule has 0 aromatic heterocycles. The van der Waals surface area contributed by atoms with Crippen LogP contribution in [0, 0.1) is 56.7 Å². The maximum absolute atomic E-state index is 11.0. The highest BCUT2D eigenvalue weighted by Gasteiger charge is 2.68. The SMILES string of the molecule is C[C@H]1[C@H](C)CC[C@]2(C)CC[C@]3(C)C(=CC[C@@H]4[C@@]5(C)CC(O)C(O)C(C)(C)C5CC[C@]43C)[C@H]12. The third kappa shape index (κ3) is 2.66. The van der Waals surface area contributed by atoms with Crippen molar-refractivity contribution >= 4 is 0 Å². The first kappa shape index (κ1) is 23.4. The van der Waals surface area contributed by atoms with E-state index >= 15 is 0 Å². The van der Waals surface area contributed by atoms with Gasteiger partial charge in [-0.15, -0.1) is 0 Å². The fourth-order valence-electron chi connectivity index (χ4n) is 11.0. The maximum Gasteiger partial charge on any atom is 0.0852 e. The summed E-state index contributed by atoms with van der Waals surface area (Å²) in [4.78, 5) is 0. The normalized spacial score (nSPS) is 59.2. The number of aliphatic hydroxyl groups excluding tert-OH is 2. The molecule has 5 aliphatic rings. The largest absolute Gasteiger partial charge is 0.390 e. The first-order chi connectivity index (χ1) is 14.7. The van der Waals surface area contributed by atoms with Crippen molar-refractivity contribution in [2.75, 3.05) is 0 Å². The Morgan fingerprint density at radius 2 is 1.53 bits per heavy atom. The Morgan fingerprint density at radius 3 is 2.22 bits per heavy atom. The van der Waals surface area contributed by atoms with E-state index in [0.717, 1.165) is 24.2 Å². The summed E-state index contributed by atoms with van der Waals surface area (Å²) >= 11 is 0. The molecule has 32 heavy (non-hydrogen) atoms. The van der Waals surface area contributed by atoms with E-state index in [9.17, 15) is 10.2 Å². The molecule has 5 aliphatic carbocycles. The van der Waals surface area contributed by atoms with Crippen LogP contribution in [0.5, 0.6) is 0 Å². The highest BCUT2D eigenvalue weighted by Crippen LogP contribution is 2.75. The molecule has 0 aromatic carbocycles. The first-order valence-electron chi connectivity index (χ1n) is 13.8. The predicted octanol–water partition coefficient (Wildman–Crippen LogP) is 7.00. The van der Waals surface area contributed by atoms with Gasteiger partial charge in [-0.3, -0.25) is 0 Å². The van der Waals surface area contributed by atoms with Crippen molar-refractivity contribution in [3.8, 4) is 0 Å². The fraction of sp³-hybridized carbons (Fsp3) is 0.933. The minimum Gasteiger partial charge on any atom is -0.390 e. The third-order valence-electron chi connectivity index (χ3n) is 13.3. The quantitative estimate of drug-likeness (QED) is 0.397. The molecule has 0 bridgehead atoms. The number of fused-ring (bicyclic) bond motifs is 7. The molecule has 0 aliphatic heterocycles. The van der Waals surface area contributed by atoms with Crippen LogP contribution in [-0.2, 0) is 0 Å². The zero-order valence-electron chi connectivity index (χ0n) is 22.2. The zero-order chi connectivity index (χ0) is 23.5. The molecule has 2 N–H and O–H groups in total. The molecule has 2 heteroatoms. The predicted molar refractivity (Wildman–Crippen MR) is 132 cm³/mol. The molecule has 0 spiro atoms. The van der Waals surface area contributed by atoms with E-state index in [1.54, 1.807) is 0 Å². The van der Waals surface area contributed by atoms with Crippen molar-refractivity contribution in [1.29, 1.82) is 0 Å². The molecule has 0 amide bonds. The molecule has 2 nitrogen and oxygen atoms in total. The van der Waals surface area contributed by atoms with E-state index in [1.165, 1.54) is 44.9 Å². The Kier molecular flexibility index (Phi) is 5.02. The molecule has 4 fully saturated rings. The van der Waals surface area contributed by atoms with Crippen LogP contribution in [0.15, 0.2) is 11.6 Å². The van der Waals surface area contributed by atoms with Crippen molar-refractivity contribution in [1.82, 2.24) is 0 Å². The van der Waals surface area contributed by atoms with Crippen molar-refractivity contribution in [3.05, 3.63) is 11.6 Å². The Hall–Kier alpha value is -0.340. The molecular formula is C30H50O2. The minimum absolute atomic E-state index is 0.0897. The van der Waals surface area contributed by atoms with Gasteiger partial charge in [-0.25, -0.2) is 0 Å². The Morgan fingerprint density at radius 1 is 0.844 bits per heavy atom. The van der Waals surface area contributed by atoms with Crippen LogP contribution in [0.4, 0.5) is 0 Å². The van der Waals surface area contributed by atoms with Gasteiger partial charge in [0, 0.05) is 0 Å². The van der Waals surface area contributed by atoms with Crippen LogP contribution < -0.4 is 0 Å². The second-order valence-electron chi connectivity index (χ2n) is 14.8. The van der Waals surface area contributed by atoms with Crippen LogP contribution in [0.3, 0.4) is 0 Å². The second kappa shape index (κ2) is 6.87. The Bertz CT molecular complexity index is 814. The second-order valence-corrected chi connectivity index (χ2v) is 14.8. The molecule has 0 heterocycles. The summed E-state index contributed by atoms with van der Waals surface area (Å²) in [6, 6.07) is 0. The first-order valence-corrected chi connectivity index (χ1v) is 13.8. The lowest BCUT2D eigenvalue weighted by Gasteiger charge is -2.71. The van der Waals surface area contributed by atoms with E-state index in [-0.39, 0.29) is 21.7 Å². The molecule has 5 rings (SSSR count). The molecule has 182 valence electrons. The van der Waals surface area contributed by atoms with Gasteiger partial charge in [-0.05, 0) is 108 Å². The highest BCUT2D eigenvalue weighted by atomic mass is 16.3. The summed E-state index contributed by atoms with van der Waals surface area (Å²) in [5, 5.41) is 21.9. The molecule has 0 radical (unpaired) electrons. The van der Waals surface area contributed by atoms with Crippen LogP contribution in [0.2, 0.25) is 0 Å². The third-order valence-corrected chi connectivity index (χ3v) is 13.3. The smallest absolute Gasteiger partial charge is 0.0852 e. The molecule has 11 atom stereocenters. The van der Waals surface area contributed by atoms with Crippen molar-refractivity contribution in [3.63, 3.8) is 0 Å². The number of rotatable bonds is 0. The monoisotopic (exact) mass is 442 g/mol. The summed E-state index contributed by atoms with van der Waals surface area (Å²) < 4.78 is 0. The summed E-state index contributed by atoms with van der Waals surface area (Å²) in [5.74, 6) is 3.41. The molecule has 4 saturated carbocycles. The van der Waals surface area contributed by atoms with Crippen molar-refractivity contribution in [2.45, 2.75) is 119 Å². The summed E-state index contributed by atoms with van der Waals surface area (Å²) in [7, 11) is 0. The fourth-order valence-corrected chi connectivity index (χ4v) is 11.0. The zero-order valence-corrected chi connectivity index (χ0v) is 22.2. The Balaban J connectivity index is 1.60. The topological polar surface area (TPSA) is 40.5 Å². The van der Waals surface area contributed by atoms with Crippen molar-refractivity contribution < 1.29 is 10.2 Å². The average molecular weight is 443 g/mol. The van der Waals surface area contributed by atoms with Gasteiger partial charge in [0.05, 0.1) is 12.2 Å². The van der Waals surface area contributed by atoms with Gasteiger partial charge in [0.2, 0.25) is 0 Å². The van der Waals surface area contributed by atoms with E-state index in [0.29, 0.717) is 17.3 Å². The molecule has 0 saturated heterocycles. The lowest BCUT2D eigenvalue weighted by Crippen LogP contribution is -2.66. The van der Waals surface area contributed by atoms with Crippen molar-refractivity contribution in [2.24, 2.45) is 56.7 Å². The molecule has 0 aromatic rings. The maximum atomic E-state index is 11.0. The van der Waals surface area contributed by atoms with Crippen LogP contribution in [0.25, 0.3) is 0 Å². The van der Waals surface area contributed by atoms with E-state index < -0.39 is 12.2 Å². The van der Waals surface area contributed by atoms with Gasteiger partial charge < -0.3 is 10.2 Å². The Labute approximate surface area is 197 Å². The van der Waals surface area contributed by atoms with Gasteiger partial charge >= 0.3 is 0 Å². The van der Waals surface area contributed by atoms with Gasteiger partial charge in [0.15, 0.2) is 0 Å².